The molecule has 0 bridgehead atoms. The molecule has 140 valence electrons. The predicted molar refractivity (Wildman–Crippen MR) is 96.2 cm³/mol. The molecule has 0 aromatic heterocycles. The van der Waals surface area contributed by atoms with E-state index >= 15 is 0 Å². The van der Waals surface area contributed by atoms with Gasteiger partial charge < -0.3 is 20.0 Å². The molecule has 0 unspecified atom stereocenters. The van der Waals surface area contributed by atoms with Crippen molar-refractivity contribution in [2.75, 3.05) is 52.4 Å². The van der Waals surface area contributed by atoms with E-state index in [1.54, 1.807) is 0 Å². The van der Waals surface area contributed by atoms with Crippen LogP contribution in [0.15, 0.2) is 0 Å². The number of fused-ring (bicyclic) bond motifs is 1. The van der Waals surface area contributed by atoms with Gasteiger partial charge in [0.25, 0.3) is 0 Å². The molecule has 4 fully saturated rings. The molecule has 4 rings (SSSR count). The van der Waals surface area contributed by atoms with Gasteiger partial charge in [0, 0.05) is 45.2 Å². The summed E-state index contributed by atoms with van der Waals surface area (Å²) in [4.78, 5) is 31.5. The highest BCUT2D eigenvalue weighted by atomic mass is 16.2. The van der Waals surface area contributed by atoms with E-state index in [-0.39, 0.29) is 11.9 Å². The first kappa shape index (κ1) is 17.1. The Hall–Kier alpha value is -1.30. The van der Waals surface area contributed by atoms with Gasteiger partial charge in [-0.05, 0) is 63.5 Å². The van der Waals surface area contributed by atoms with Gasteiger partial charge in [0.2, 0.25) is 5.91 Å². The summed E-state index contributed by atoms with van der Waals surface area (Å²) in [5, 5.41) is 3.49. The molecule has 0 aromatic carbocycles. The molecule has 0 aromatic rings. The minimum Gasteiger partial charge on any atom is -0.342 e. The Bertz CT molecular complexity index is 484. The van der Waals surface area contributed by atoms with E-state index in [9.17, 15) is 9.59 Å². The highest BCUT2D eigenvalue weighted by molar-refractivity contribution is 5.80. The summed E-state index contributed by atoms with van der Waals surface area (Å²) in [5.74, 6) is 2.00. The normalized spacial score (nSPS) is 31.1. The minimum absolute atomic E-state index is 0.124. The SMILES string of the molecule is O=C(C1CCN(C(=O)N2CCCC2)CC1)N1CC[C@@H]2CNC[C@@H]2CC1. The van der Waals surface area contributed by atoms with Crippen LogP contribution in [-0.2, 0) is 4.79 Å². The number of likely N-dealkylation sites (tertiary alicyclic amines) is 3. The Morgan fingerprint density at radius 1 is 0.680 bits per heavy atom. The van der Waals surface area contributed by atoms with E-state index in [0.717, 1.165) is 103 Å². The number of hydrogen-bond acceptors (Lipinski definition) is 3. The van der Waals surface area contributed by atoms with E-state index in [0.29, 0.717) is 5.91 Å². The van der Waals surface area contributed by atoms with Crippen LogP contribution in [-0.4, -0.2) is 79.0 Å². The number of carbonyl (C=O) groups is 2. The number of amides is 3. The number of urea groups is 1. The number of carbonyl (C=O) groups excluding carboxylic acids is 2. The molecule has 1 N–H and O–H groups in total. The minimum atomic E-state index is 0.124. The van der Waals surface area contributed by atoms with Crippen LogP contribution in [0.1, 0.15) is 38.5 Å². The van der Waals surface area contributed by atoms with Crippen molar-refractivity contribution < 1.29 is 9.59 Å². The Morgan fingerprint density at radius 2 is 1.20 bits per heavy atom. The standard InChI is InChI=1S/C19H32N4O2/c24-18(21-9-5-16-13-20-14-17(16)6-10-21)15-3-11-23(12-4-15)19(25)22-7-1-2-8-22/h15-17,20H,1-14H2/t16-,17+. The van der Waals surface area contributed by atoms with Crippen LogP contribution in [0.3, 0.4) is 0 Å². The molecule has 4 heterocycles. The van der Waals surface area contributed by atoms with Gasteiger partial charge in [0.05, 0.1) is 0 Å². The topological polar surface area (TPSA) is 55.9 Å². The molecule has 4 saturated heterocycles. The lowest BCUT2D eigenvalue weighted by Gasteiger charge is -2.35. The number of piperidine rings is 1. The van der Waals surface area contributed by atoms with Gasteiger partial charge >= 0.3 is 6.03 Å². The molecule has 25 heavy (non-hydrogen) atoms. The van der Waals surface area contributed by atoms with Gasteiger partial charge in [0.15, 0.2) is 0 Å². The summed E-state index contributed by atoms with van der Waals surface area (Å²) >= 11 is 0. The molecule has 0 aliphatic carbocycles. The van der Waals surface area contributed by atoms with Gasteiger partial charge in [0.1, 0.15) is 0 Å². The maximum atomic E-state index is 13.0. The smallest absolute Gasteiger partial charge is 0.319 e. The molecular weight excluding hydrogens is 316 g/mol. The Balaban J connectivity index is 1.27. The fraction of sp³-hybridized carbons (Fsp3) is 0.895. The molecule has 4 aliphatic heterocycles. The van der Waals surface area contributed by atoms with Crippen LogP contribution in [0, 0.1) is 17.8 Å². The van der Waals surface area contributed by atoms with Crippen molar-refractivity contribution in [1.82, 2.24) is 20.0 Å². The lowest BCUT2D eigenvalue weighted by Crippen LogP contribution is -2.48. The molecule has 0 radical (unpaired) electrons. The van der Waals surface area contributed by atoms with Crippen molar-refractivity contribution in [1.29, 1.82) is 0 Å². The Kier molecular flexibility index (Phi) is 5.15. The third-order valence-electron chi connectivity index (χ3n) is 6.82. The second-order valence-corrected chi connectivity index (χ2v) is 8.32. The van der Waals surface area contributed by atoms with Crippen molar-refractivity contribution in [2.24, 2.45) is 17.8 Å². The number of nitrogens with zero attached hydrogens (tertiary/aromatic N) is 3. The molecule has 2 atom stereocenters. The van der Waals surface area contributed by atoms with Crippen LogP contribution in [0.4, 0.5) is 4.79 Å². The molecule has 3 amide bonds. The van der Waals surface area contributed by atoms with E-state index < -0.39 is 0 Å². The van der Waals surface area contributed by atoms with Crippen LogP contribution >= 0.6 is 0 Å². The average molecular weight is 348 g/mol. The first-order chi connectivity index (χ1) is 12.2. The molecular formula is C19H32N4O2. The summed E-state index contributed by atoms with van der Waals surface area (Å²) in [5.41, 5.74) is 0. The lowest BCUT2D eigenvalue weighted by molar-refractivity contribution is -0.136. The second kappa shape index (κ2) is 7.52. The van der Waals surface area contributed by atoms with Crippen LogP contribution in [0.25, 0.3) is 0 Å². The molecule has 0 saturated carbocycles. The zero-order chi connectivity index (χ0) is 17.2. The Morgan fingerprint density at radius 3 is 1.80 bits per heavy atom. The maximum Gasteiger partial charge on any atom is 0.319 e. The average Bonchev–Trinajstić information content (AvgIpc) is 3.30. The van der Waals surface area contributed by atoms with E-state index in [2.05, 4.69) is 10.2 Å². The van der Waals surface area contributed by atoms with Crippen molar-refractivity contribution in [3.05, 3.63) is 0 Å². The van der Waals surface area contributed by atoms with Gasteiger partial charge in [-0.1, -0.05) is 0 Å². The lowest BCUT2D eigenvalue weighted by atomic mass is 9.92. The third-order valence-corrected chi connectivity index (χ3v) is 6.82. The largest absolute Gasteiger partial charge is 0.342 e. The first-order valence-electron chi connectivity index (χ1n) is 10.3. The van der Waals surface area contributed by atoms with Gasteiger partial charge in [-0.25, -0.2) is 4.79 Å². The second-order valence-electron chi connectivity index (χ2n) is 8.32. The summed E-state index contributed by atoms with van der Waals surface area (Å²) in [7, 11) is 0. The van der Waals surface area contributed by atoms with Gasteiger partial charge in [-0.3, -0.25) is 4.79 Å². The maximum absolute atomic E-state index is 13.0. The zero-order valence-corrected chi connectivity index (χ0v) is 15.3. The first-order valence-corrected chi connectivity index (χ1v) is 10.3. The highest BCUT2D eigenvalue weighted by Gasteiger charge is 2.35. The predicted octanol–water partition coefficient (Wildman–Crippen LogP) is 1.37. The molecule has 4 aliphatic rings. The van der Waals surface area contributed by atoms with Crippen LogP contribution < -0.4 is 5.32 Å². The number of hydrogen-bond donors (Lipinski definition) is 1. The summed E-state index contributed by atoms with van der Waals surface area (Å²) in [6.45, 7) is 7.41. The van der Waals surface area contributed by atoms with Crippen molar-refractivity contribution in [3.8, 4) is 0 Å². The van der Waals surface area contributed by atoms with E-state index in [1.165, 1.54) is 0 Å². The number of rotatable bonds is 1. The van der Waals surface area contributed by atoms with E-state index in [1.807, 2.05) is 9.80 Å². The number of nitrogens with one attached hydrogen (secondary N) is 1. The molecule has 6 heteroatoms. The summed E-state index contributed by atoms with van der Waals surface area (Å²) in [6, 6.07) is 0.193. The summed E-state index contributed by atoms with van der Waals surface area (Å²) < 4.78 is 0. The van der Waals surface area contributed by atoms with Crippen molar-refractivity contribution in [2.45, 2.75) is 38.5 Å². The zero-order valence-electron chi connectivity index (χ0n) is 15.3. The van der Waals surface area contributed by atoms with Crippen LogP contribution in [0.2, 0.25) is 0 Å². The third kappa shape index (κ3) is 3.64. The fourth-order valence-electron chi connectivity index (χ4n) is 5.12. The fourth-order valence-corrected chi connectivity index (χ4v) is 5.12. The molecule has 6 nitrogen and oxygen atoms in total. The Labute approximate surface area is 150 Å². The van der Waals surface area contributed by atoms with E-state index in [4.69, 9.17) is 0 Å². The van der Waals surface area contributed by atoms with Crippen molar-refractivity contribution >= 4 is 11.9 Å². The van der Waals surface area contributed by atoms with Crippen molar-refractivity contribution in [3.63, 3.8) is 0 Å². The van der Waals surface area contributed by atoms with Crippen LogP contribution in [0.5, 0.6) is 0 Å². The van der Waals surface area contributed by atoms with Gasteiger partial charge in [-0.15, -0.1) is 0 Å². The highest BCUT2D eigenvalue weighted by Crippen LogP contribution is 2.29. The van der Waals surface area contributed by atoms with Gasteiger partial charge in [-0.2, -0.15) is 0 Å². The summed E-state index contributed by atoms with van der Waals surface area (Å²) in [6.07, 6.45) is 6.23. The molecule has 0 spiro atoms. The quantitative estimate of drug-likeness (QED) is 0.779. The monoisotopic (exact) mass is 348 g/mol.